The number of piperidine rings is 1. The molecule has 1 amide bonds. The van der Waals surface area contributed by atoms with Crippen LogP contribution in [0.15, 0.2) is 29.0 Å². The second-order valence-electron chi connectivity index (χ2n) is 6.26. The zero-order chi connectivity index (χ0) is 16.7. The summed E-state index contributed by atoms with van der Waals surface area (Å²) in [6.45, 7) is 4.43. The number of nitrogens with zero attached hydrogens (tertiary/aromatic N) is 5. The zero-order valence-electron chi connectivity index (χ0n) is 13.8. The Hall–Kier alpha value is -2.70. The van der Waals surface area contributed by atoms with E-state index >= 15 is 0 Å². The summed E-state index contributed by atoms with van der Waals surface area (Å²) in [4.78, 5) is 23.6. The quantitative estimate of drug-likeness (QED) is 0.724. The number of rotatable bonds is 2. The molecule has 7 nitrogen and oxygen atoms in total. The van der Waals surface area contributed by atoms with Crippen LogP contribution in [0, 0.1) is 13.8 Å². The molecule has 0 N–H and O–H groups in total. The van der Waals surface area contributed by atoms with Gasteiger partial charge in [-0.15, -0.1) is 0 Å². The largest absolute Gasteiger partial charge is 0.337 e. The summed E-state index contributed by atoms with van der Waals surface area (Å²) in [7, 11) is 0. The third kappa shape index (κ3) is 2.55. The number of carbonyl (C=O) groups is 1. The van der Waals surface area contributed by atoms with Gasteiger partial charge in [-0.2, -0.15) is 4.98 Å². The molecule has 24 heavy (non-hydrogen) atoms. The molecule has 7 heteroatoms. The summed E-state index contributed by atoms with van der Waals surface area (Å²) >= 11 is 0. The molecule has 1 fully saturated rings. The lowest BCUT2D eigenvalue weighted by atomic mass is 10.0. The fraction of sp³-hybridized carbons (Fsp3) is 0.412. The molecule has 124 valence electrons. The minimum atomic E-state index is -0.146. The number of likely N-dealkylation sites (tertiary alicyclic amines) is 1. The number of pyridine rings is 1. The summed E-state index contributed by atoms with van der Waals surface area (Å²) in [5.74, 6) is 1.11. The average Bonchev–Trinajstić information content (AvgIpc) is 3.18. The van der Waals surface area contributed by atoms with Crippen molar-refractivity contribution in [2.45, 2.75) is 39.2 Å². The van der Waals surface area contributed by atoms with Crippen LogP contribution < -0.4 is 0 Å². The van der Waals surface area contributed by atoms with Crippen molar-refractivity contribution in [1.29, 1.82) is 0 Å². The molecule has 0 spiro atoms. The molecule has 1 aliphatic rings. The smallest absolute Gasteiger partial charge is 0.256 e. The standard InChI is InChI=1S/C17H19N5O2/c1-11-9-21-10-13(6-7-15(21)18-11)17(23)22-8-4-3-5-14(22)16-19-12(2)20-24-16/h6-7,9-10,14H,3-5,8H2,1-2H3/t14-/m0/s1. The molecule has 0 bridgehead atoms. The maximum Gasteiger partial charge on any atom is 0.256 e. The molecule has 0 saturated carbocycles. The Morgan fingerprint density at radius 2 is 2.08 bits per heavy atom. The van der Waals surface area contributed by atoms with Gasteiger partial charge in [-0.05, 0) is 45.2 Å². The lowest BCUT2D eigenvalue weighted by Crippen LogP contribution is -2.38. The molecular weight excluding hydrogens is 306 g/mol. The lowest BCUT2D eigenvalue weighted by Gasteiger charge is -2.33. The predicted octanol–water partition coefficient (Wildman–Crippen LogP) is 2.70. The summed E-state index contributed by atoms with van der Waals surface area (Å²) < 4.78 is 7.21. The third-order valence-corrected chi connectivity index (χ3v) is 4.41. The average molecular weight is 325 g/mol. The van der Waals surface area contributed by atoms with Crippen LogP contribution in [0.25, 0.3) is 5.65 Å². The van der Waals surface area contributed by atoms with Crippen LogP contribution in [0.2, 0.25) is 0 Å². The fourth-order valence-electron chi connectivity index (χ4n) is 3.29. The molecule has 0 unspecified atom stereocenters. The SMILES string of the molecule is Cc1cn2cc(C(=O)N3CCCC[C@H]3c3nc(C)no3)ccc2n1. The minimum Gasteiger partial charge on any atom is -0.337 e. The summed E-state index contributed by atoms with van der Waals surface area (Å²) in [6, 6.07) is 3.55. The molecule has 3 aromatic heterocycles. The highest BCUT2D eigenvalue weighted by Gasteiger charge is 2.32. The van der Waals surface area contributed by atoms with Crippen molar-refractivity contribution in [3.8, 4) is 0 Å². The van der Waals surface area contributed by atoms with E-state index in [9.17, 15) is 4.79 Å². The van der Waals surface area contributed by atoms with Gasteiger partial charge in [-0.1, -0.05) is 5.16 Å². The number of imidazole rings is 1. The Balaban J connectivity index is 1.67. The van der Waals surface area contributed by atoms with Crippen LogP contribution in [0.4, 0.5) is 0 Å². The van der Waals surface area contributed by atoms with Crippen molar-refractivity contribution < 1.29 is 9.32 Å². The molecule has 4 heterocycles. The van der Waals surface area contributed by atoms with Crippen molar-refractivity contribution in [1.82, 2.24) is 24.4 Å². The van der Waals surface area contributed by atoms with Gasteiger partial charge in [0.05, 0.1) is 11.3 Å². The van der Waals surface area contributed by atoms with Crippen molar-refractivity contribution in [2.75, 3.05) is 6.54 Å². The van der Waals surface area contributed by atoms with Gasteiger partial charge in [0.25, 0.3) is 5.91 Å². The van der Waals surface area contributed by atoms with Gasteiger partial charge in [-0.25, -0.2) is 4.98 Å². The monoisotopic (exact) mass is 325 g/mol. The van der Waals surface area contributed by atoms with Crippen molar-refractivity contribution in [2.24, 2.45) is 0 Å². The molecule has 1 aliphatic heterocycles. The van der Waals surface area contributed by atoms with Crippen LogP contribution in [0.3, 0.4) is 0 Å². The first-order valence-electron chi connectivity index (χ1n) is 8.18. The van der Waals surface area contributed by atoms with Gasteiger partial charge in [0.2, 0.25) is 5.89 Å². The van der Waals surface area contributed by atoms with E-state index in [1.165, 1.54) is 0 Å². The Morgan fingerprint density at radius 3 is 2.88 bits per heavy atom. The number of hydrogen-bond acceptors (Lipinski definition) is 5. The molecule has 4 rings (SSSR count). The van der Waals surface area contributed by atoms with Crippen molar-refractivity contribution in [3.63, 3.8) is 0 Å². The first-order valence-corrected chi connectivity index (χ1v) is 8.18. The van der Waals surface area contributed by atoms with Gasteiger partial charge in [0, 0.05) is 18.9 Å². The summed E-state index contributed by atoms with van der Waals surface area (Å²) in [6.07, 6.45) is 6.64. The van der Waals surface area contributed by atoms with E-state index in [-0.39, 0.29) is 11.9 Å². The Morgan fingerprint density at radius 1 is 1.21 bits per heavy atom. The van der Waals surface area contributed by atoms with E-state index in [4.69, 9.17) is 4.52 Å². The van der Waals surface area contributed by atoms with Crippen molar-refractivity contribution >= 4 is 11.6 Å². The molecular formula is C17H19N5O2. The third-order valence-electron chi connectivity index (χ3n) is 4.41. The minimum absolute atomic E-state index is 0.0104. The first-order chi connectivity index (χ1) is 11.6. The molecule has 0 radical (unpaired) electrons. The number of carbonyl (C=O) groups excluding carboxylic acids is 1. The van der Waals surface area contributed by atoms with Crippen LogP contribution in [0.5, 0.6) is 0 Å². The molecule has 1 atom stereocenters. The van der Waals surface area contributed by atoms with Gasteiger partial charge < -0.3 is 13.8 Å². The topological polar surface area (TPSA) is 76.5 Å². The number of amides is 1. The zero-order valence-corrected chi connectivity index (χ0v) is 13.8. The Labute approximate surface area is 139 Å². The maximum atomic E-state index is 13.0. The molecule has 3 aromatic rings. The predicted molar refractivity (Wildman–Crippen MR) is 86.6 cm³/mol. The van der Waals surface area contributed by atoms with Gasteiger partial charge in [-0.3, -0.25) is 4.79 Å². The molecule has 0 aromatic carbocycles. The lowest BCUT2D eigenvalue weighted by molar-refractivity contribution is 0.0561. The normalized spacial score (nSPS) is 18.2. The first kappa shape index (κ1) is 14.9. The van der Waals surface area contributed by atoms with E-state index in [1.54, 1.807) is 6.92 Å². The number of aromatic nitrogens is 4. The van der Waals surface area contributed by atoms with Crippen LogP contribution in [-0.2, 0) is 0 Å². The van der Waals surface area contributed by atoms with Crippen LogP contribution in [-0.4, -0.2) is 36.9 Å². The second-order valence-corrected chi connectivity index (χ2v) is 6.26. The summed E-state index contributed by atoms with van der Waals surface area (Å²) in [5.41, 5.74) is 2.41. The summed E-state index contributed by atoms with van der Waals surface area (Å²) in [5, 5.41) is 3.87. The molecule has 1 saturated heterocycles. The number of fused-ring (bicyclic) bond motifs is 1. The Kier molecular flexibility index (Phi) is 3.55. The fourth-order valence-corrected chi connectivity index (χ4v) is 3.29. The van der Waals surface area contributed by atoms with Gasteiger partial charge in [0.15, 0.2) is 5.82 Å². The maximum absolute atomic E-state index is 13.0. The van der Waals surface area contributed by atoms with Gasteiger partial charge in [0.1, 0.15) is 11.7 Å². The highest BCUT2D eigenvalue weighted by molar-refractivity contribution is 5.94. The Bertz CT molecular complexity index is 897. The van der Waals surface area contributed by atoms with Gasteiger partial charge >= 0.3 is 0 Å². The van der Waals surface area contributed by atoms with E-state index in [0.29, 0.717) is 23.8 Å². The number of hydrogen-bond donors (Lipinski definition) is 0. The van der Waals surface area contributed by atoms with E-state index in [0.717, 1.165) is 30.6 Å². The van der Waals surface area contributed by atoms with Crippen LogP contribution in [0.1, 0.15) is 53.1 Å². The van der Waals surface area contributed by atoms with E-state index < -0.39 is 0 Å². The van der Waals surface area contributed by atoms with E-state index in [2.05, 4.69) is 15.1 Å². The molecule has 0 aliphatic carbocycles. The highest BCUT2D eigenvalue weighted by Crippen LogP contribution is 2.31. The van der Waals surface area contributed by atoms with E-state index in [1.807, 2.05) is 40.8 Å². The van der Waals surface area contributed by atoms with Crippen LogP contribution >= 0.6 is 0 Å². The second kappa shape index (κ2) is 5.74. The van der Waals surface area contributed by atoms with Crippen molar-refractivity contribution in [3.05, 3.63) is 47.5 Å². The highest BCUT2D eigenvalue weighted by atomic mass is 16.5. The number of aryl methyl sites for hydroxylation is 2.